The Balaban J connectivity index is 0.00000261. The lowest BCUT2D eigenvalue weighted by Gasteiger charge is -2.31. The van der Waals surface area contributed by atoms with Crippen molar-refractivity contribution in [1.82, 2.24) is 9.88 Å². The summed E-state index contributed by atoms with van der Waals surface area (Å²) in [6, 6.07) is 5.39. The average molecular weight is 409 g/mol. The number of piperidine rings is 1. The first-order chi connectivity index (χ1) is 12.5. The summed E-state index contributed by atoms with van der Waals surface area (Å²) in [6.07, 6.45) is 2.23. The zero-order valence-electron chi connectivity index (χ0n) is 15.5. The highest BCUT2D eigenvalue weighted by atomic mass is 35.5. The summed E-state index contributed by atoms with van der Waals surface area (Å²) >= 11 is 1.37. The topological polar surface area (TPSA) is 88.3 Å². The van der Waals surface area contributed by atoms with Crippen LogP contribution in [-0.4, -0.2) is 34.8 Å². The van der Waals surface area contributed by atoms with Gasteiger partial charge in [0, 0.05) is 36.3 Å². The third-order valence-corrected chi connectivity index (χ3v) is 5.50. The molecular weight excluding hydrogens is 384 g/mol. The van der Waals surface area contributed by atoms with Crippen molar-refractivity contribution in [2.75, 3.05) is 18.4 Å². The number of aromatic nitrogens is 1. The Morgan fingerprint density at radius 3 is 2.81 bits per heavy atom. The van der Waals surface area contributed by atoms with Crippen molar-refractivity contribution in [1.29, 1.82) is 0 Å². The minimum absolute atomic E-state index is 0. The SMILES string of the molecule is Cc1cc(C(=O)N2CCCC(C)C2)ccc1NC(=O)c1csc(CN)n1.Cl. The second-order valence-corrected chi connectivity index (χ2v) is 7.76. The first-order valence-electron chi connectivity index (χ1n) is 8.83. The molecule has 0 bridgehead atoms. The van der Waals surface area contributed by atoms with Crippen LogP contribution in [0.2, 0.25) is 0 Å². The van der Waals surface area contributed by atoms with E-state index in [0.717, 1.165) is 30.1 Å². The van der Waals surface area contributed by atoms with Crippen LogP contribution >= 0.6 is 23.7 Å². The van der Waals surface area contributed by atoms with Gasteiger partial charge in [-0.3, -0.25) is 9.59 Å². The van der Waals surface area contributed by atoms with Crippen LogP contribution in [-0.2, 0) is 6.54 Å². The number of rotatable bonds is 4. The fraction of sp³-hybridized carbons (Fsp3) is 0.421. The quantitative estimate of drug-likeness (QED) is 0.810. The molecule has 3 rings (SSSR count). The van der Waals surface area contributed by atoms with Gasteiger partial charge >= 0.3 is 0 Å². The lowest BCUT2D eigenvalue weighted by Crippen LogP contribution is -2.39. The van der Waals surface area contributed by atoms with Crippen LogP contribution < -0.4 is 11.1 Å². The molecule has 2 amide bonds. The molecular formula is C19H25ClN4O2S. The zero-order chi connectivity index (χ0) is 18.7. The number of amides is 2. The summed E-state index contributed by atoms with van der Waals surface area (Å²) < 4.78 is 0. The van der Waals surface area contributed by atoms with Gasteiger partial charge in [-0.25, -0.2) is 4.98 Å². The van der Waals surface area contributed by atoms with Crippen LogP contribution in [0.3, 0.4) is 0 Å². The third kappa shape index (κ3) is 5.06. The van der Waals surface area contributed by atoms with Crippen LogP contribution in [0.25, 0.3) is 0 Å². The summed E-state index contributed by atoms with van der Waals surface area (Å²) in [5, 5.41) is 5.28. The molecule has 0 radical (unpaired) electrons. The van der Waals surface area contributed by atoms with E-state index < -0.39 is 0 Å². The molecule has 8 heteroatoms. The normalized spacial score (nSPS) is 16.6. The Hall–Kier alpha value is -1.96. The van der Waals surface area contributed by atoms with Gasteiger partial charge in [0.25, 0.3) is 11.8 Å². The first-order valence-corrected chi connectivity index (χ1v) is 9.71. The zero-order valence-corrected chi connectivity index (χ0v) is 17.2. The molecule has 1 aliphatic heterocycles. The number of hydrogen-bond acceptors (Lipinski definition) is 5. The number of likely N-dealkylation sites (tertiary alicyclic amines) is 1. The van der Waals surface area contributed by atoms with Crippen molar-refractivity contribution in [3.8, 4) is 0 Å². The van der Waals surface area contributed by atoms with Crippen molar-refractivity contribution >= 4 is 41.2 Å². The molecule has 1 aromatic carbocycles. The van der Waals surface area contributed by atoms with E-state index in [0.29, 0.717) is 29.4 Å². The second kappa shape index (κ2) is 9.30. The Morgan fingerprint density at radius 1 is 1.41 bits per heavy atom. The van der Waals surface area contributed by atoms with E-state index >= 15 is 0 Å². The Kier molecular flexibility index (Phi) is 7.35. The van der Waals surface area contributed by atoms with Crippen LogP contribution in [0.15, 0.2) is 23.6 Å². The van der Waals surface area contributed by atoms with Gasteiger partial charge in [0.15, 0.2) is 0 Å². The first kappa shape index (κ1) is 21.3. The standard InChI is InChI=1S/C19H24N4O2S.ClH/c1-12-4-3-7-23(10-12)19(25)14-5-6-15(13(2)8-14)22-18(24)16-11-26-17(9-20)21-16;/h5-6,8,11-12H,3-4,7,9-10,20H2,1-2H3,(H,22,24);1H. The number of thiazole rings is 1. The minimum Gasteiger partial charge on any atom is -0.338 e. The van der Waals surface area contributed by atoms with Crippen molar-refractivity contribution in [2.45, 2.75) is 33.2 Å². The molecule has 2 aromatic rings. The number of carbonyl (C=O) groups excluding carboxylic acids is 2. The highest BCUT2D eigenvalue weighted by molar-refractivity contribution is 7.09. The molecule has 6 nitrogen and oxygen atoms in total. The van der Waals surface area contributed by atoms with Crippen LogP contribution in [0, 0.1) is 12.8 Å². The number of aryl methyl sites for hydroxylation is 1. The molecule has 1 fully saturated rings. The van der Waals surface area contributed by atoms with E-state index in [1.807, 2.05) is 17.9 Å². The van der Waals surface area contributed by atoms with Crippen LogP contribution in [0.1, 0.15) is 51.2 Å². The molecule has 146 valence electrons. The number of anilines is 1. The highest BCUT2D eigenvalue weighted by Gasteiger charge is 2.22. The van der Waals surface area contributed by atoms with E-state index in [1.54, 1.807) is 17.5 Å². The maximum atomic E-state index is 12.7. The molecule has 1 saturated heterocycles. The monoisotopic (exact) mass is 408 g/mol. The fourth-order valence-electron chi connectivity index (χ4n) is 3.19. The third-order valence-electron chi connectivity index (χ3n) is 4.62. The van der Waals surface area contributed by atoms with Crippen molar-refractivity contribution in [2.24, 2.45) is 11.7 Å². The van der Waals surface area contributed by atoms with Crippen LogP contribution in [0.4, 0.5) is 5.69 Å². The lowest BCUT2D eigenvalue weighted by molar-refractivity contribution is 0.0683. The number of nitrogens with zero attached hydrogens (tertiary/aromatic N) is 2. The Morgan fingerprint density at radius 2 is 2.19 bits per heavy atom. The summed E-state index contributed by atoms with van der Waals surface area (Å²) in [5.74, 6) is 0.335. The average Bonchev–Trinajstić information content (AvgIpc) is 3.12. The van der Waals surface area contributed by atoms with Crippen molar-refractivity contribution < 1.29 is 9.59 Å². The smallest absolute Gasteiger partial charge is 0.275 e. The maximum Gasteiger partial charge on any atom is 0.275 e. The van der Waals surface area contributed by atoms with Crippen molar-refractivity contribution in [3.05, 3.63) is 45.4 Å². The number of halogens is 1. The van der Waals surface area contributed by atoms with Gasteiger partial charge in [0.2, 0.25) is 0 Å². The van der Waals surface area contributed by atoms with Gasteiger partial charge in [-0.2, -0.15) is 0 Å². The summed E-state index contributed by atoms with van der Waals surface area (Å²) in [7, 11) is 0. The van der Waals surface area contributed by atoms with Gasteiger partial charge in [-0.05, 0) is 49.4 Å². The number of benzene rings is 1. The molecule has 1 aromatic heterocycles. The predicted octanol–water partition coefficient (Wildman–Crippen LogP) is 3.46. The molecule has 0 saturated carbocycles. The molecule has 27 heavy (non-hydrogen) atoms. The lowest BCUT2D eigenvalue weighted by atomic mass is 9.99. The van der Waals surface area contributed by atoms with Gasteiger partial charge < -0.3 is 16.0 Å². The van der Waals surface area contributed by atoms with Crippen LogP contribution in [0.5, 0.6) is 0 Å². The van der Waals surface area contributed by atoms with E-state index in [2.05, 4.69) is 17.2 Å². The highest BCUT2D eigenvalue weighted by Crippen LogP contribution is 2.22. The number of carbonyl (C=O) groups is 2. The molecule has 1 aliphatic rings. The van der Waals surface area contributed by atoms with E-state index in [-0.39, 0.29) is 24.2 Å². The number of nitrogens with one attached hydrogen (secondary N) is 1. The fourth-order valence-corrected chi connectivity index (χ4v) is 3.84. The molecule has 0 aliphatic carbocycles. The molecule has 1 unspecified atom stereocenters. The molecule has 3 N–H and O–H groups in total. The Labute approximate surface area is 169 Å². The van der Waals surface area contributed by atoms with Gasteiger partial charge in [0.05, 0.1) is 0 Å². The Bertz CT molecular complexity index is 824. The number of hydrogen-bond donors (Lipinski definition) is 2. The molecule has 1 atom stereocenters. The summed E-state index contributed by atoms with van der Waals surface area (Å²) in [5.41, 5.74) is 8.09. The van der Waals surface area contributed by atoms with E-state index in [4.69, 9.17) is 5.73 Å². The van der Waals surface area contributed by atoms with Gasteiger partial charge in [0.1, 0.15) is 10.7 Å². The number of nitrogens with two attached hydrogens (primary N) is 1. The molecule has 2 heterocycles. The second-order valence-electron chi connectivity index (χ2n) is 6.81. The minimum atomic E-state index is -0.270. The van der Waals surface area contributed by atoms with E-state index in [9.17, 15) is 9.59 Å². The largest absolute Gasteiger partial charge is 0.338 e. The summed E-state index contributed by atoms with van der Waals surface area (Å²) in [6.45, 7) is 6.01. The maximum absolute atomic E-state index is 12.7. The summed E-state index contributed by atoms with van der Waals surface area (Å²) in [4.78, 5) is 31.1. The molecule has 0 spiro atoms. The predicted molar refractivity (Wildman–Crippen MR) is 111 cm³/mol. The van der Waals surface area contributed by atoms with Gasteiger partial charge in [-0.1, -0.05) is 6.92 Å². The van der Waals surface area contributed by atoms with Gasteiger partial charge in [-0.15, -0.1) is 23.7 Å². The van der Waals surface area contributed by atoms with E-state index in [1.165, 1.54) is 17.8 Å². The van der Waals surface area contributed by atoms with Crippen molar-refractivity contribution in [3.63, 3.8) is 0 Å².